The molecule has 3 aromatic carbocycles. The molecule has 0 unspecified atom stereocenters. The third-order valence-electron chi connectivity index (χ3n) is 5.59. The number of nitrogens with one attached hydrogen (secondary N) is 1. The maximum atomic E-state index is 9.89. The fourth-order valence-electron chi connectivity index (χ4n) is 3.74. The molecule has 0 atom stereocenters. The molecule has 172 valence electrons. The van der Waals surface area contributed by atoms with Gasteiger partial charge in [-0.1, -0.05) is 41.4 Å². The van der Waals surface area contributed by atoms with Gasteiger partial charge >= 0.3 is 0 Å². The molecule has 4 aromatic rings. The van der Waals surface area contributed by atoms with Gasteiger partial charge in [-0.05, 0) is 56.3 Å². The summed E-state index contributed by atoms with van der Waals surface area (Å²) in [7, 11) is 0. The van der Waals surface area contributed by atoms with Gasteiger partial charge in [-0.2, -0.15) is 5.26 Å². The lowest BCUT2D eigenvalue weighted by molar-refractivity contribution is 0.305. The van der Waals surface area contributed by atoms with Crippen molar-refractivity contribution in [3.8, 4) is 11.8 Å². The van der Waals surface area contributed by atoms with Crippen molar-refractivity contribution in [1.82, 2.24) is 9.97 Å². The largest absolute Gasteiger partial charge is 0.488 e. The van der Waals surface area contributed by atoms with Crippen LogP contribution in [-0.4, -0.2) is 23.1 Å². The maximum Gasteiger partial charge on any atom is 0.149 e. The van der Waals surface area contributed by atoms with Crippen molar-refractivity contribution in [2.24, 2.45) is 0 Å². The molecule has 0 aliphatic carbocycles. The summed E-state index contributed by atoms with van der Waals surface area (Å²) in [4.78, 5) is 10.0. The molecular weight excluding hydrogens is 467 g/mol. The quantitative estimate of drug-likeness (QED) is 0.262. The number of halogens is 2. The highest BCUT2D eigenvalue weighted by Gasteiger charge is 2.13. The summed E-state index contributed by atoms with van der Waals surface area (Å²) in [6.07, 6.45) is 1.79. The van der Waals surface area contributed by atoms with Crippen LogP contribution in [0.2, 0.25) is 10.0 Å². The lowest BCUT2D eigenvalue weighted by atomic mass is 10.1. The van der Waals surface area contributed by atoms with Crippen LogP contribution in [0.15, 0.2) is 60.7 Å². The van der Waals surface area contributed by atoms with Gasteiger partial charge in [-0.25, -0.2) is 4.98 Å². The van der Waals surface area contributed by atoms with Crippen molar-refractivity contribution in [3.05, 3.63) is 87.7 Å². The Kier molecular flexibility index (Phi) is 7.42. The second kappa shape index (κ2) is 10.6. The number of fused-ring (bicyclic) bond motifs is 1. The highest BCUT2D eigenvalue weighted by atomic mass is 35.5. The standard InChI is InChI=1S/C27H24Cl2N4O/c1-3-33(4-2)22-12-10-18(26(15-22)34-17-19-9-11-21(28)14-23(19)29)13-20(16-30)27-31-24-7-5-6-8-25(24)32-27/h5-15H,3-4,17H2,1-2H3,(H,31,32)/b20-13-. The number of ether oxygens (including phenoxy) is 1. The second-order valence-corrected chi connectivity index (χ2v) is 8.53. The van der Waals surface area contributed by atoms with E-state index in [1.54, 1.807) is 18.2 Å². The Labute approximate surface area is 209 Å². The van der Waals surface area contributed by atoms with Crippen molar-refractivity contribution in [2.75, 3.05) is 18.0 Å². The molecule has 0 fully saturated rings. The van der Waals surface area contributed by atoms with Crippen molar-refractivity contribution in [2.45, 2.75) is 20.5 Å². The predicted molar refractivity (Wildman–Crippen MR) is 140 cm³/mol. The third-order valence-corrected chi connectivity index (χ3v) is 6.18. The molecule has 0 bridgehead atoms. The molecule has 0 amide bonds. The molecule has 0 aliphatic heterocycles. The monoisotopic (exact) mass is 490 g/mol. The molecule has 0 spiro atoms. The molecule has 0 saturated carbocycles. The first kappa shape index (κ1) is 23.7. The van der Waals surface area contributed by atoms with Crippen LogP contribution in [0.3, 0.4) is 0 Å². The van der Waals surface area contributed by atoms with Gasteiger partial charge in [0.2, 0.25) is 0 Å². The van der Waals surface area contributed by atoms with Gasteiger partial charge < -0.3 is 14.6 Å². The summed E-state index contributed by atoms with van der Waals surface area (Å²) < 4.78 is 6.23. The lowest BCUT2D eigenvalue weighted by Crippen LogP contribution is -2.21. The van der Waals surface area contributed by atoms with Crippen molar-refractivity contribution in [3.63, 3.8) is 0 Å². The zero-order chi connectivity index (χ0) is 24.1. The smallest absolute Gasteiger partial charge is 0.149 e. The molecule has 1 N–H and O–H groups in total. The number of allylic oxidation sites excluding steroid dienone is 1. The average molecular weight is 491 g/mol. The number of aromatic amines is 1. The summed E-state index contributed by atoms with van der Waals surface area (Å²) in [6.45, 7) is 6.24. The predicted octanol–water partition coefficient (Wildman–Crippen LogP) is 7.36. The number of anilines is 1. The van der Waals surface area contributed by atoms with Gasteiger partial charge in [0, 0.05) is 46.0 Å². The van der Waals surface area contributed by atoms with E-state index in [1.807, 2.05) is 48.5 Å². The Morgan fingerprint density at radius 1 is 1.09 bits per heavy atom. The lowest BCUT2D eigenvalue weighted by Gasteiger charge is -2.22. The summed E-state index contributed by atoms with van der Waals surface area (Å²) in [5.74, 6) is 1.17. The minimum atomic E-state index is 0.269. The first-order valence-corrected chi connectivity index (χ1v) is 11.8. The van der Waals surface area contributed by atoms with Crippen molar-refractivity contribution >= 4 is 51.6 Å². The van der Waals surface area contributed by atoms with Gasteiger partial charge in [-0.3, -0.25) is 0 Å². The number of H-pyrrole nitrogens is 1. The van der Waals surface area contributed by atoms with E-state index in [4.69, 9.17) is 27.9 Å². The Balaban J connectivity index is 1.73. The van der Waals surface area contributed by atoms with Crippen LogP contribution in [0.1, 0.15) is 30.8 Å². The van der Waals surface area contributed by atoms with Crippen LogP contribution in [-0.2, 0) is 6.61 Å². The van der Waals surface area contributed by atoms with Gasteiger partial charge in [0.15, 0.2) is 0 Å². The van der Waals surface area contributed by atoms with Gasteiger partial charge in [0.1, 0.15) is 24.3 Å². The second-order valence-electron chi connectivity index (χ2n) is 7.69. The zero-order valence-corrected chi connectivity index (χ0v) is 20.5. The Morgan fingerprint density at radius 2 is 1.88 bits per heavy atom. The normalized spacial score (nSPS) is 11.4. The zero-order valence-electron chi connectivity index (χ0n) is 19.0. The van der Waals surface area contributed by atoms with E-state index in [2.05, 4.69) is 34.8 Å². The SMILES string of the molecule is CCN(CC)c1ccc(/C=C(/C#N)c2nc3ccccc3[nH]2)c(OCc2ccc(Cl)cc2Cl)c1. The number of benzene rings is 3. The van der Waals surface area contributed by atoms with Crippen molar-refractivity contribution in [1.29, 1.82) is 5.26 Å². The summed E-state index contributed by atoms with van der Waals surface area (Å²) >= 11 is 12.4. The molecule has 0 aliphatic rings. The van der Waals surface area contributed by atoms with Crippen molar-refractivity contribution < 1.29 is 4.74 Å². The number of aromatic nitrogens is 2. The van der Waals surface area contributed by atoms with E-state index in [0.717, 1.165) is 40.9 Å². The first-order valence-electron chi connectivity index (χ1n) is 11.0. The highest BCUT2D eigenvalue weighted by Crippen LogP contribution is 2.31. The van der Waals surface area contributed by atoms with Gasteiger partial charge in [0.05, 0.1) is 16.6 Å². The minimum absolute atomic E-state index is 0.269. The molecule has 0 radical (unpaired) electrons. The van der Waals surface area contributed by atoms with Gasteiger partial charge in [-0.15, -0.1) is 0 Å². The molecule has 1 aromatic heterocycles. The number of nitrogens with zero attached hydrogens (tertiary/aromatic N) is 3. The number of nitriles is 1. The van der Waals surface area contributed by atoms with Gasteiger partial charge in [0.25, 0.3) is 0 Å². The molecule has 1 heterocycles. The number of imidazole rings is 1. The highest BCUT2D eigenvalue weighted by molar-refractivity contribution is 6.35. The van der Waals surface area contributed by atoms with E-state index in [0.29, 0.717) is 27.2 Å². The van der Waals surface area contributed by atoms with E-state index in [9.17, 15) is 5.26 Å². The number of hydrogen-bond acceptors (Lipinski definition) is 4. The van der Waals surface area contributed by atoms with E-state index >= 15 is 0 Å². The minimum Gasteiger partial charge on any atom is -0.488 e. The molecule has 7 heteroatoms. The fraction of sp³-hybridized carbons (Fsp3) is 0.185. The maximum absolute atomic E-state index is 9.89. The van der Waals surface area contributed by atoms with Crippen LogP contribution in [0, 0.1) is 11.3 Å². The van der Waals surface area contributed by atoms with Crippen LogP contribution in [0.25, 0.3) is 22.7 Å². The molecular formula is C27H24Cl2N4O. The number of rotatable bonds is 8. The Hall–Kier alpha value is -3.46. The van der Waals surface area contributed by atoms with Crippen LogP contribution < -0.4 is 9.64 Å². The Bertz CT molecular complexity index is 1350. The summed E-state index contributed by atoms with van der Waals surface area (Å²) in [5, 5.41) is 11.0. The van der Waals surface area contributed by atoms with E-state index in [1.165, 1.54) is 0 Å². The third kappa shape index (κ3) is 5.20. The summed E-state index contributed by atoms with van der Waals surface area (Å²) in [6, 6.07) is 21.3. The molecule has 34 heavy (non-hydrogen) atoms. The summed E-state index contributed by atoms with van der Waals surface area (Å²) in [5.41, 5.74) is 4.75. The average Bonchev–Trinajstić information content (AvgIpc) is 3.27. The van der Waals surface area contributed by atoms with Crippen LogP contribution >= 0.6 is 23.2 Å². The number of hydrogen-bond donors (Lipinski definition) is 1. The van der Waals surface area contributed by atoms with Crippen LogP contribution in [0.5, 0.6) is 5.75 Å². The van der Waals surface area contributed by atoms with E-state index < -0.39 is 0 Å². The molecule has 0 saturated heterocycles. The first-order chi connectivity index (χ1) is 16.5. The number of para-hydroxylation sites is 2. The fourth-order valence-corrected chi connectivity index (χ4v) is 4.20. The van der Waals surface area contributed by atoms with E-state index in [-0.39, 0.29) is 6.61 Å². The molecule has 5 nitrogen and oxygen atoms in total. The topological polar surface area (TPSA) is 64.9 Å². The molecule has 4 rings (SSSR count). The Morgan fingerprint density at radius 3 is 2.59 bits per heavy atom. The van der Waals surface area contributed by atoms with Crippen LogP contribution in [0.4, 0.5) is 5.69 Å².